The molecule has 5 heteroatoms. The van der Waals surface area contributed by atoms with Crippen molar-refractivity contribution in [2.24, 2.45) is 5.41 Å². The van der Waals surface area contributed by atoms with Gasteiger partial charge >= 0.3 is 0 Å². The molecular weight excluding hydrogens is 334 g/mol. The molecule has 0 spiro atoms. The van der Waals surface area contributed by atoms with Crippen molar-refractivity contribution >= 4 is 32.3 Å². The Balaban J connectivity index is 2.36. The number of rotatable bonds is 2. The third-order valence-electron chi connectivity index (χ3n) is 5.07. The molecular formula is C20H26NO3S+. The molecule has 0 radical (unpaired) electrons. The summed E-state index contributed by atoms with van der Waals surface area (Å²) in [6.07, 6.45) is 0. The maximum absolute atomic E-state index is 11.5. The zero-order chi connectivity index (χ0) is 18.8. The van der Waals surface area contributed by atoms with Gasteiger partial charge in [0.25, 0.3) is 10.1 Å². The van der Waals surface area contributed by atoms with Crippen LogP contribution >= 0.6 is 0 Å². The van der Waals surface area contributed by atoms with Crippen LogP contribution in [-0.4, -0.2) is 29.8 Å². The third kappa shape index (κ3) is 2.70. The van der Waals surface area contributed by atoms with Crippen molar-refractivity contribution in [1.82, 2.24) is 0 Å². The molecule has 0 aliphatic carbocycles. The van der Waals surface area contributed by atoms with Gasteiger partial charge in [-0.1, -0.05) is 26.8 Å². The lowest BCUT2D eigenvalue weighted by molar-refractivity contribution is -0.438. The fraction of sp³-hybridized carbons (Fsp3) is 0.450. The molecule has 4 nitrogen and oxygen atoms in total. The lowest BCUT2D eigenvalue weighted by atomic mass is 9.70. The summed E-state index contributed by atoms with van der Waals surface area (Å²) in [4.78, 5) is -0.0666. The number of fused-ring (bicyclic) bond motifs is 3. The second-order valence-electron chi connectivity index (χ2n) is 8.29. The summed E-state index contributed by atoms with van der Waals surface area (Å²) in [5.41, 5.74) is 3.62. The van der Waals surface area contributed by atoms with Gasteiger partial charge in [0, 0.05) is 17.0 Å². The molecule has 25 heavy (non-hydrogen) atoms. The average molecular weight is 360 g/mol. The monoisotopic (exact) mass is 360 g/mol. The highest BCUT2D eigenvalue weighted by molar-refractivity contribution is 7.85. The summed E-state index contributed by atoms with van der Waals surface area (Å²) in [6.45, 7) is 14.2. The Morgan fingerprint density at radius 1 is 1.12 bits per heavy atom. The Hall–Kier alpha value is -1.72. The van der Waals surface area contributed by atoms with E-state index < -0.39 is 10.1 Å². The molecule has 0 atom stereocenters. The van der Waals surface area contributed by atoms with Gasteiger partial charge in [-0.2, -0.15) is 13.0 Å². The maximum atomic E-state index is 11.5. The van der Waals surface area contributed by atoms with Gasteiger partial charge in [0.1, 0.15) is 6.54 Å². The molecule has 0 fully saturated rings. The summed E-state index contributed by atoms with van der Waals surface area (Å²) in [5.74, 6) is 0. The molecule has 0 bridgehead atoms. The van der Waals surface area contributed by atoms with Crippen LogP contribution in [0, 0.1) is 5.41 Å². The Kier molecular flexibility index (Phi) is 3.90. The van der Waals surface area contributed by atoms with Crippen LogP contribution in [0.5, 0.6) is 0 Å². The van der Waals surface area contributed by atoms with Gasteiger partial charge in [0.2, 0.25) is 5.69 Å². The average Bonchev–Trinajstić information content (AvgIpc) is 2.72. The minimum atomic E-state index is -4.20. The highest BCUT2D eigenvalue weighted by Crippen LogP contribution is 2.47. The van der Waals surface area contributed by atoms with Gasteiger partial charge in [-0.25, -0.2) is 0 Å². The van der Waals surface area contributed by atoms with Gasteiger partial charge in [-0.15, -0.1) is 0 Å². The van der Waals surface area contributed by atoms with Crippen LogP contribution in [0.25, 0.3) is 10.8 Å². The minimum absolute atomic E-state index is 0.0131. The molecule has 1 N–H and O–H groups in total. The van der Waals surface area contributed by atoms with E-state index in [4.69, 9.17) is 0 Å². The van der Waals surface area contributed by atoms with Crippen LogP contribution in [0.2, 0.25) is 0 Å². The van der Waals surface area contributed by atoms with E-state index in [9.17, 15) is 13.0 Å². The van der Waals surface area contributed by atoms with E-state index in [-0.39, 0.29) is 15.7 Å². The van der Waals surface area contributed by atoms with E-state index in [1.807, 2.05) is 12.1 Å². The van der Waals surface area contributed by atoms with Crippen molar-refractivity contribution < 1.29 is 17.5 Å². The van der Waals surface area contributed by atoms with Crippen molar-refractivity contribution in [2.45, 2.75) is 51.9 Å². The molecule has 134 valence electrons. The van der Waals surface area contributed by atoms with E-state index in [0.717, 1.165) is 17.3 Å². The maximum Gasteiger partial charge on any atom is 0.294 e. The predicted molar refractivity (Wildman–Crippen MR) is 102 cm³/mol. The van der Waals surface area contributed by atoms with Gasteiger partial charge in [0.15, 0.2) is 5.71 Å². The third-order valence-corrected chi connectivity index (χ3v) is 5.92. The van der Waals surface area contributed by atoms with Crippen molar-refractivity contribution in [2.75, 3.05) is 6.54 Å². The van der Waals surface area contributed by atoms with Gasteiger partial charge in [-0.05, 0) is 49.7 Å². The number of hydrogen-bond donors (Lipinski definition) is 1. The molecule has 1 heterocycles. The van der Waals surface area contributed by atoms with Crippen molar-refractivity contribution in [3.63, 3.8) is 0 Å². The first-order chi connectivity index (χ1) is 11.4. The molecule has 0 amide bonds. The molecule has 1 aliphatic heterocycles. The first kappa shape index (κ1) is 18.1. The molecule has 0 aromatic heterocycles. The summed E-state index contributed by atoms with van der Waals surface area (Å²) in [5, 5.41) is 1.86. The number of benzene rings is 2. The standard InChI is InChI=1S/C20H25NO3S/c1-7-21-16-11-8-13-12-14(25(22,23)24)9-10-15(13)17(16)20(5,6)18(21)19(2,3)4/h8-12H,7H2,1-6H3/p+1. The molecule has 2 aromatic carbocycles. The van der Waals surface area contributed by atoms with E-state index in [1.165, 1.54) is 23.0 Å². The number of hydrogen-bond acceptors (Lipinski definition) is 2. The summed E-state index contributed by atoms with van der Waals surface area (Å²) in [7, 11) is -4.20. The number of nitrogens with zero attached hydrogens (tertiary/aromatic N) is 1. The van der Waals surface area contributed by atoms with Crippen LogP contribution in [0.4, 0.5) is 5.69 Å². The second kappa shape index (κ2) is 5.39. The van der Waals surface area contributed by atoms with Crippen LogP contribution in [-0.2, 0) is 15.5 Å². The lowest BCUT2D eigenvalue weighted by Crippen LogP contribution is -2.39. The Bertz CT molecular complexity index is 1010. The molecule has 1 aliphatic rings. The molecule has 0 unspecified atom stereocenters. The first-order valence-corrected chi connectivity index (χ1v) is 10.0. The van der Waals surface area contributed by atoms with E-state index >= 15 is 0 Å². The zero-order valence-corrected chi connectivity index (χ0v) is 16.5. The highest BCUT2D eigenvalue weighted by Gasteiger charge is 2.50. The van der Waals surface area contributed by atoms with Crippen molar-refractivity contribution in [3.8, 4) is 0 Å². The van der Waals surface area contributed by atoms with Crippen molar-refractivity contribution in [1.29, 1.82) is 0 Å². The van der Waals surface area contributed by atoms with Crippen LogP contribution in [0.1, 0.15) is 47.1 Å². The first-order valence-electron chi connectivity index (χ1n) is 8.59. The van der Waals surface area contributed by atoms with Crippen LogP contribution < -0.4 is 0 Å². The minimum Gasteiger partial charge on any atom is -0.282 e. The Morgan fingerprint density at radius 3 is 2.28 bits per heavy atom. The summed E-state index contributed by atoms with van der Waals surface area (Å²) in [6, 6.07) is 8.85. The fourth-order valence-electron chi connectivity index (χ4n) is 4.59. The Labute approximate surface area is 149 Å². The highest BCUT2D eigenvalue weighted by atomic mass is 32.2. The van der Waals surface area contributed by atoms with Crippen LogP contribution in [0.15, 0.2) is 35.2 Å². The topological polar surface area (TPSA) is 57.4 Å². The fourth-order valence-corrected chi connectivity index (χ4v) is 5.10. The zero-order valence-electron chi connectivity index (χ0n) is 15.7. The van der Waals surface area contributed by atoms with E-state index in [0.29, 0.717) is 0 Å². The summed E-state index contributed by atoms with van der Waals surface area (Å²) >= 11 is 0. The summed E-state index contributed by atoms with van der Waals surface area (Å²) < 4.78 is 34.6. The lowest BCUT2D eigenvalue weighted by Gasteiger charge is -2.27. The van der Waals surface area contributed by atoms with Gasteiger partial charge in [0.05, 0.1) is 10.3 Å². The molecule has 3 rings (SSSR count). The normalized spacial score (nSPS) is 17.2. The molecule has 0 saturated carbocycles. The Morgan fingerprint density at radius 2 is 1.76 bits per heavy atom. The van der Waals surface area contributed by atoms with Gasteiger partial charge < -0.3 is 0 Å². The predicted octanol–water partition coefficient (Wildman–Crippen LogP) is 4.53. The largest absolute Gasteiger partial charge is 0.294 e. The SMILES string of the molecule is CC[N+]1=C(C(C)(C)C)C(C)(C)c2c1ccc1cc(S(=O)(=O)O)ccc21. The quantitative estimate of drug-likeness (QED) is 0.632. The van der Waals surface area contributed by atoms with E-state index in [1.54, 1.807) is 6.07 Å². The van der Waals surface area contributed by atoms with Gasteiger partial charge in [-0.3, -0.25) is 4.55 Å². The smallest absolute Gasteiger partial charge is 0.282 e. The van der Waals surface area contributed by atoms with Crippen LogP contribution in [0.3, 0.4) is 0 Å². The molecule has 2 aromatic rings. The van der Waals surface area contributed by atoms with Crippen molar-refractivity contribution in [3.05, 3.63) is 35.9 Å². The second-order valence-corrected chi connectivity index (χ2v) is 9.71. The molecule has 0 saturated heterocycles. The van der Waals surface area contributed by atoms with E-state index in [2.05, 4.69) is 52.2 Å².